The average molecular weight is 188 g/mol. The summed E-state index contributed by atoms with van der Waals surface area (Å²) in [6.07, 6.45) is -1.17. The Morgan fingerprint density at radius 2 is 2.10 bits per heavy atom. The molecule has 1 atom stereocenters. The Morgan fingerprint density at radius 3 is 2.20 bits per heavy atom. The van der Waals surface area contributed by atoms with Crippen molar-refractivity contribution in [3.63, 3.8) is 0 Å². The zero-order valence-corrected chi connectivity index (χ0v) is 6.65. The molecule has 60 valence electrons. The summed E-state index contributed by atoms with van der Waals surface area (Å²) in [5, 5.41) is 0. The minimum Gasteiger partial charge on any atom is -0.429 e. The van der Waals surface area contributed by atoms with Gasteiger partial charge in [-0.05, 0) is 6.92 Å². The van der Waals surface area contributed by atoms with Gasteiger partial charge < -0.3 is 10.5 Å². The van der Waals surface area contributed by atoms with Crippen LogP contribution in [0.5, 0.6) is 0 Å². The van der Waals surface area contributed by atoms with Gasteiger partial charge in [-0.25, -0.2) is 13.2 Å². The number of hydrogen-bond donors (Lipinski definition) is 1. The molecule has 0 aromatic heterocycles. The van der Waals surface area contributed by atoms with Crippen molar-refractivity contribution >= 4 is 25.8 Å². The Labute approximate surface area is 62.5 Å². The smallest absolute Gasteiger partial charge is 0.405 e. The number of carbonyl (C=O) groups excluding carboxylic acids is 1. The summed E-state index contributed by atoms with van der Waals surface area (Å²) in [4.78, 5) is 9.93. The number of hydrogen-bond acceptors (Lipinski definition) is 4. The zero-order chi connectivity index (χ0) is 8.36. The molecule has 0 spiro atoms. The Balaban J connectivity index is 4.12. The molecule has 0 rings (SSSR count). The van der Waals surface area contributed by atoms with Crippen molar-refractivity contribution in [1.82, 2.24) is 0 Å². The molecule has 7 heteroatoms. The molecular weight excluding hydrogens is 182 g/mol. The van der Waals surface area contributed by atoms with Crippen LogP contribution in [0.25, 0.3) is 0 Å². The largest absolute Gasteiger partial charge is 0.429 e. The first kappa shape index (κ1) is 9.51. The standard InChI is InChI=1S/C3H6ClNO4S/c1-2(9-3(5)6)10(4,7)8/h2H,1H3,(H2,5,6). The van der Waals surface area contributed by atoms with Gasteiger partial charge in [0.25, 0.3) is 9.05 Å². The second-order valence-corrected chi connectivity index (χ2v) is 4.39. The van der Waals surface area contributed by atoms with Crippen LogP contribution < -0.4 is 5.73 Å². The van der Waals surface area contributed by atoms with E-state index in [2.05, 4.69) is 10.5 Å². The van der Waals surface area contributed by atoms with E-state index in [9.17, 15) is 13.2 Å². The molecule has 0 saturated carbocycles. The number of nitrogens with two attached hydrogens (primary N) is 1. The molecule has 0 aliphatic heterocycles. The fourth-order valence-electron chi connectivity index (χ4n) is 0.221. The number of ether oxygens (including phenoxy) is 1. The van der Waals surface area contributed by atoms with E-state index in [1.165, 1.54) is 0 Å². The molecule has 0 aliphatic carbocycles. The summed E-state index contributed by atoms with van der Waals surface area (Å²) in [5.74, 6) is 0. The molecule has 0 saturated heterocycles. The monoisotopic (exact) mass is 187 g/mol. The van der Waals surface area contributed by atoms with Gasteiger partial charge in [0.05, 0.1) is 0 Å². The van der Waals surface area contributed by atoms with E-state index in [4.69, 9.17) is 10.7 Å². The summed E-state index contributed by atoms with van der Waals surface area (Å²) in [5.41, 5.74) is 3.11. The maximum atomic E-state index is 10.3. The van der Waals surface area contributed by atoms with Crippen LogP contribution in [-0.4, -0.2) is 19.9 Å². The van der Waals surface area contributed by atoms with E-state index in [1.807, 2.05) is 0 Å². The first-order chi connectivity index (χ1) is 4.34. The van der Waals surface area contributed by atoms with Crippen LogP contribution in [0.3, 0.4) is 0 Å². The first-order valence-corrected chi connectivity index (χ1v) is 4.61. The molecule has 1 amide bonds. The molecule has 1 unspecified atom stereocenters. The highest BCUT2D eigenvalue weighted by Gasteiger charge is 2.20. The fourth-order valence-corrected chi connectivity index (χ4v) is 0.540. The lowest BCUT2D eigenvalue weighted by Gasteiger charge is -2.05. The van der Waals surface area contributed by atoms with Gasteiger partial charge in [-0.2, -0.15) is 0 Å². The van der Waals surface area contributed by atoms with Gasteiger partial charge in [0, 0.05) is 10.7 Å². The van der Waals surface area contributed by atoms with Crippen molar-refractivity contribution in [1.29, 1.82) is 0 Å². The van der Waals surface area contributed by atoms with E-state index >= 15 is 0 Å². The number of rotatable bonds is 2. The zero-order valence-electron chi connectivity index (χ0n) is 5.07. The van der Waals surface area contributed by atoms with Crippen LogP contribution >= 0.6 is 10.7 Å². The second kappa shape index (κ2) is 3.07. The van der Waals surface area contributed by atoms with E-state index in [1.54, 1.807) is 0 Å². The maximum absolute atomic E-state index is 10.3. The number of halogens is 1. The predicted molar refractivity (Wildman–Crippen MR) is 34.9 cm³/mol. The molecule has 10 heavy (non-hydrogen) atoms. The minimum absolute atomic E-state index is 1.10. The second-order valence-electron chi connectivity index (χ2n) is 1.48. The molecule has 0 aliphatic rings. The molecular formula is C3H6ClNO4S. The van der Waals surface area contributed by atoms with Gasteiger partial charge in [0.2, 0.25) is 5.44 Å². The van der Waals surface area contributed by atoms with E-state index in [0.717, 1.165) is 6.92 Å². The van der Waals surface area contributed by atoms with Crippen molar-refractivity contribution in [3.8, 4) is 0 Å². The Morgan fingerprint density at radius 1 is 1.70 bits per heavy atom. The quantitative estimate of drug-likeness (QED) is 0.617. The van der Waals surface area contributed by atoms with Gasteiger partial charge in [-0.3, -0.25) is 0 Å². The van der Waals surface area contributed by atoms with Crippen molar-refractivity contribution in [2.45, 2.75) is 12.4 Å². The van der Waals surface area contributed by atoms with E-state index in [-0.39, 0.29) is 0 Å². The Bertz CT molecular complexity index is 223. The molecule has 0 aromatic carbocycles. The highest BCUT2D eigenvalue weighted by atomic mass is 35.7. The molecule has 5 nitrogen and oxygen atoms in total. The predicted octanol–water partition coefficient (Wildman–Crippen LogP) is -0.00370. The van der Waals surface area contributed by atoms with Crippen LogP contribution in [0.1, 0.15) is 6.92 Å². The molecule has 0 bridgehead atoms. The summed E-state index contributed by atoms with van der Waals surface area (Å²) in [7, 11) is 0.918. The summed E-state index contributed by atoms with van der Waals surface area (Å²) >= 11 is 0. The van der Waals surface area contributed by atoms with Crippen LogP contribution in [0.4, 0.5) is 4.79 Å². The van der Waals surface area contributed by atoms with Crippen LogP contribution in [0.15, 0.2) is 0 Å². The summed E-state index contributed by atoms with van der Waals surface area (Å²) < 4.78 is 24.6. The lowest BCUT2D eigenvalue weighted by atomic mass is 10.8. The molecule has 0 radical (unpaired) electrons. The number of carbonyl (C=O) groups is 1. The normalized spacial score (nSPS) is 14.2. The van der Waals surface area contributed by atoms with Gasteiger partial charge in [0.15, 0.2) is 0 Å². The minimum atomic E-state index is -3.85. The van der Waals surface area contributed by atoms with E-state index in [0.29, 0.717) is 0 Å². The summed E-state index contributed by atoms with van der Waals surface area (Å²) in [6, 6.07) is 0. The molecule has 0 fully saturated rings. The first-order valence-electron chi connectivity index (χ1n) is 2.23. The third-order valence-corrected chi connectivity index (χ3v) is 2.32. The lowest BCUT2D eigenvalue weighted by molar-refractivity contribution is 0.148. The SMILES string of the molecule is CC(OC(N)=O)S(=O)(=O)Cl. The molecule has 2 N–H and O–H groups in total. The number of primary amides is 1. The van der Waals surface area contributed by atoms with Crippen LogP contribution in [0, 0.1) is 0 Å². The third kappa shape index (κ3) is 3.52. The molecule has 0 heterocycles. The Hall–Kier alpha value is -0.490. The Kier molecular flexibility index (Phi) is 2.92. The highest BCUT2D eigenvalue weighted by Crippen LogP contribution is 2.06. The van der Waals surface area contributed by atoms with Gasteiger partial charge >= 0.3 is 6.09 Å². The van der Waals surface area contributed by atoms with Gasteiger partial charge in [-0.1, -0.05) is 0 Å². The summed E-state index contributed by atoms with van der Waals surface area (Å²) in [6.45, 7) is 1.10. The average Bonchev–Trinajstić information content (AvgIpc) is 1.60. The van der Waals surface area contributed by atoms with Crippen LogP contribution in [-0.2, 0) is 13.8 Å². The maximum Gasteiger partial charge on any atom is 0.405 e. The highest BCUT2D eigenvalue weighted by molar-refractivity contribution is 8.14. The third-order valence-electron chi connectivity index (χ3n) is 0.679. The molecule has 0 aromatic rings. The lowest BCUT2D eigenvalue weighted by Crippen LogP contribution is -2.24. The van der Waals surface area contributed by atoms with Crippen LogP contribution in [0.2, 0.25) is 0 Å². The van der Waals surface area contributed by atoms with Crippen molar-refractivity contribution < 1.29 is 17.9 Å². The van der Waals surface area contributed by atoms with Gasteiger partial charge in [0.1, 0.15) is 0 Å². The van der Waals surface area contributed by atoms with Gasteiger partial charge in [-0.15, -0.1) is 0 Å². The van der Waals surface area contributed by atoms with E-state index < -0.39 is 20.6 Å². The fraction of sp³-hybridized carbons (Fsp3) is 0.667. The van der Waals surface area contributed by atoms with Crippen molar-refractivity contribution in [2.75, 3.05) is 0 Å². The topological polar surface area (TPSA) is 86.5 Å². The van der Waals surface area contributed by atoms with Crippen molar-refractivity contribution in [3.05, 3.63) is 0 Å². The number of amides is 1. The van der Waals surface area contributed by atoms with Crippen molar-refractivity contribution in [2.24, 2.45) is 5.73 Å².